The van der Waals surface area contributed by atoms with Gasteiger partial charge in [0.15, 0.2) is 0 Å². The van der Waals surface area contributed by atoms with E-state index in [4.69, 9.17) is 5.73 Å². The van der Waals surface area contributed by atoms with E-state index < -0.39 is 28.8 Å². The van der Waals surface area contributed by atoms with Crippen molar-refractivity contribution in [3.8, 4) is 5.69 Å². The maximum Gasteiger partial charge on any atom is 0.416 e. The lowest BCUT2D eigenvalue weighted by atomic mass is 10.0. The fourth-order valence-corrected chi connectivity index (χ4v) is 3.41. The monoisotopic (exact) mass is 413 g/mol. The Labute approximate surface area is 167 Å². The molecule has 30 heavy (non-hydrogen) atoms. The minimum atomic E-state index is -4.63. The highest BCUT2D eigenvalue weighted by atomic mass is 19.4. The normalized spacial score (nSPS) is 11.7. The van der Waals surface area contributed by atoms with Gasteiger partial charge in [0.25, 0.3) is 5.56 Å². The summed E-state index contributed by atoms with van der Waals surface area (Å²) < 4.78 is 45.8. The number of ether oxygens (including phenoxy) is 1. The molecule has 0 saturated heterocycles. The fraction of sp³-hybridized carbons (Fsp3) is 0.0952. The van der Waals surface area contributed by atoms with Gasteiger partial charge < -0.3 is 10.5 Å². The van der Waals surface area contributed by atoms with Crippen molar-refractivity contribution in [2.75, 3.05) is 12.8 Å². The van der Waals surface area contributed by atoms with Crippen LogP contribution in [0.4, 0.5) is 18.9 Å². The number of nitrogen functional groups attached to an aromatic ring is 1. The fourth-order valence-electron chi connectivity index (χ4n) is 3.41. The van der Waals surface area contributed by atoms with E-state index >= 15 is 0 Å². The number of rotatable bonds is 2. The zero-order valence-corrected chi connectivity index (χ0v) is 15.5. The van der Waals surface area contributed by atoms with Gasteiger partial charge in [-0.15, -0.1) is 0 Å². The third kappa shape index (κ3) is 2.95. The predicted octanol–water partition coefficient (Wildman–Crippen LogP) is 3.93. The number of carbonyl (C=O) groups is 1. The number of methoxy groups -OCH3 is 1. The van der Waals surface area contributed by atoms with Crippen molar-refractivity contribution >= 4 is 33.5 Å². The molecule has 0 aliphatic rings. The van der Waals surface area contributed by atoms with Gasteiger partial charge in [-0.05, 0) is 36.4 Å². The first-order valence-electron chi connectivity index (χ1n) is 8.72. The third-order valence-corrected chi connectivity index (χ3v) is 4.80. The van der Waals surface area contributed by atoms with E-state index in [1.54, 1.807) is 36.5 Å². The summed E-state index contributed by atoms with van der Waals surface area (Å²) in [6.07, 6.45) is -3.08. The minimum Gasteiger partial charge on any atom is -0.465 e. The summed E-state index contributed by atoms with van der Waals surface area (Å²) in [7, 11) is 1.09. The number of hydrogen-bond donors (Lipinski definition) is 1. The Morgan fingerprint density at radius 1 is 1.10 bits per heavy atom. The zero-order valence-electron chi connectivity index (χ0n) is 15.5. The van der Waals surface area contributed by atoms with E-state index in [2.05, 4.69) is 9.72 Å². The summed E-state index contributed by atoms with van der Waals surface area (Å²) in [5.41, 5.74) is 4.17. The number of benzene rings is 2. The number of hydrogen-bond acceptors (Lipinski definition) is 5. The van der Waals surface area contributed by atoms with Crippen molar-refractivity contribution in [3.05, 3.63) is 76.2 Å². The number of nitrogens with zero attached hydrogens (tertiary/aromatic N) is 2. The lowest BCUT2D eigenvalue weighted by molar-refractivity contribution is -0.137. The first-order valence-corrected chi connectivity index (χ1v) is 8.72. The first-order chi connectivity index (χ1) is 14.2. The van der Waals surface area contributed by atoms with Gasteiger partial charge in [-0.3, -0.25) is 14.3 Å². The van der Waals surface area contributed by atoms with E-state index in [1.165, 1.54) is 0 Å². The van der Waals surface area contributed by atoms with Crippen LogP contribution in [-0.2, 0) is 10.9 Å². The minimum absolute atomic E-state index is 0.0867. The number of fused-ring (bicyclic) bond motifs is 2. The number of nitrogens with two attached hydrogens (primary N) is 1. The van der Waals surface area contributed by atoms with Crippen LogP contribution in [0.15, 0.2) is 59.5 Å². The average Bonchev–Trinajstić information content (AvgIpc) is 2.72. The van der Waals surface area contributed by atoms with E-state index in [-0.39, 0.29) is 22.3 Å². The van der Waals surface area contributed by atoms with Crippen LogP contribution in [-0.4, -0.2) is 22.6 Å². The lowest BCUT2D eigenvalue weighted by Gasteiger charge is -2.18. The molecule has 0 spiro atoms. The molecule has 2 aromatic heterocycles. The molecule has 152 valence electrons. The van der Waals surface area contributed by atoms with Gasteiger partial charge in [-0.1, -0.05) is 12.1 Å². The Bertz CT molecular complexity index is 1370. The van der Waals surface area contributed by atoms with Crippen LogP contribution in [0.3, 0.4) is 0 Å². The van der Waals surface area contributed by atoms with Crippen molar-refractivity contribution in [3.63, 3.8) is 0 Å². The average molecular weight is 413 g/mol. The summed E-state index contributed by atoms with van der Waals surface area (Å²) in [4.78, 5) is 29.8. The number of anilines is 1. The predicted molar refractivity (Wildman–Crippen MR) is 106 cm³/mol. The van der Waals surface area contributed by atoms with Crippen LogP contribution in [0.25, 0.3) is 27.5 Å². The number of halogens is 3. The van der Waals surface area contributed by atoms with Gasteiger partial charge >= 0.3 is 12.1 Å². The van der Waals surface area contributed by atoms with Crippen LogP contribution in [0.2, 0.25) is 0 Å². The molecule has 0 fully saturated rings. The topological polar surface area (TPSA) is 87.2 Å². The Morgan fingerprint density at radius 2 is 1.87 bits per heavy atom. The summed E-state index contributed by atoms with van der Waals surface area (Å²) in [5, 5.41) is 0.630. The second-order valence-electron chi connectivity index (χ2n) is 6.50. The van der Waals surface area contributed by atoms with Crippen LogP contribution in [0.1, 0.15) is 15.9 Å². The SMILES string of the molecule is COC(=O)c1c(N)c2ccc(C(F)(F)F)cc2n(-c2cccc3ncccc23)c1=O. The largest absolute Gasteiger partial charge is 0.465 e. The lowest BCUT2D eigenvalue weighted by Crippen LogP contribution is -2.28. The van der Waals surface area contributed by atoms with Crippen LogP contribution >= 0.6 is 0 Å². The molecular weight excluding hydrogens is 399 g/mol. The van der Waals surface area contributed by atoms with Crippen LogP contribution < -0.4 is 11.3 Å². The van der Waals surface area contributed by atoms with Gasteiger partial charge in [0.05, 0.1) is 35.1 Å². The molecule has 0 unspecified atom stereocenters. The van der Waals surface area contributed by atoms with Crippen molar-refractivity contribution in [2.45, 2.75) is 6.18 Å². The van der Waals surface area contributed by atoms with Crippen LogP contribution in [0, 0.1) is 0 Å². The van der Waals surface area contributed by atoms with Gasteiger partial charge in [0.2, 0.25) is 0 Å². The van der Waals surface area contributed by atoms with Crippen molar-refractivity contribution in [1.29, 1.82) is 0 Å². The van der Waals surface area contributed by atoms with Crippen molar-refractivity contribution in [2.24, 2.45) is 0 Å². The molecule has 0 aliphatic carbocycles. The Morgan fingerprint density at radius 3 is 2.57 bits per heavy atom. The molecule has 2 heterocycles. The molecule has 0 saturated carbocycles. The number of aromatic nitrogens is 2. The highest BCUT2D eigenvalue weighted by Gasteiger charge is 2.32. The summed E-state index contributed by atoms with van der Waals surface area (Å²) in [6.45, 7) is 0. The van der Waals surface area contributed by atoms with Crippen molar-refractivity contribution in [1.82, 2.24) is 9.55 Å². The summed E-state index contributed by atoms with van der Waals surface area (Å²) >= 11 is 0. The quantitative estimate of drug-likeness (QED) is 0.503. The Balaban J connectivity index is 2.23. The number of carbonyl (C=O) groups excluding carboxylic acids is 1. The second kappa shape index (κ2) is 6.87. The Hall–Kier alpha value is -3.88. The smallest absolute Gasteiger partial charge is 0.416 e. The zero-order chi connectivity index (χ0) is 21.6. The van der Waals surface area contributed by atoms with Crippen molar-refractivity contribution < 1.29 is 22.7 Å². The van der Waals surface area contributed by atoms with E-state index in [0.29, 0.717) is 10.9 Å². The number of esters is 1. The summed E-state index contributed by atoms with van der Waals surface area (Å²) in [5.74, 6) is -0.980. The molecule has 0 atom stereocenters. The maximum absolute atomic E-state index is 13.4. The Kier molecular flexibility index (Phi) is 4.45. The highest BCUT2D eigenvalue weighted by molar-refractivity contribution is 6.05. The van der Waals surface area contributed by atoms with E-state index in [1.807, 2.05) is 0 Å². The molecule has 4 rings (SSSR count). The number of pyridine rings is 2. The number of alkyl halides is 3. The standard InChI is InChI=1S/C21H14F3N3O3/c1-30-20(29)17-18(25)13-8-7-11(21(22,23)24)10-16(13)27(19(17)28)15-6-2-5-14-12(15)4-3-9-26-14/h2-10H,25H2,1H3. The maximum atomic E-state index is 13.4. The van der Waals surface area contributed by atoms with Gasteiger partial charge in [-0.25, -0.2) is 4.79 Å². The molecule has 0 radical (unpaired) electrons. The van der Waals surface area contributed by atoms with Gasteiger partial charge in [0, 0.05) is 17.0 Å². The molecule has 0 amide bonds. The van der Waals surface area contributed by atoms with Gasteiger partial charge in [-0.2, -0.15) is 13.2 Å². The summed E-state index contributed by atoms with van der Waals surface area (Å²) in [6, 6.07) is 11.0. The molecule has 9 heteroatoms. The van der Waals surface area contributed by atoms with E-state index in [9.17, 15) is 22.8 Å². The molecule has 0 bridgehead atoms. The molecule has 0 aliphatic heterocycles. The van der Waals surface area contributed by atoms with Crippen LogP contribution in [0.5, 0.6) is 0 Å². The second-order valence-corrected chi connectivity index (χ2v) is 6.50. The molecule has 4 aromatic rings. The molecule has 2 aromatic carbocycles. The third-order valence-electron chi connectivity index (χ3n) is 4.80. The molecular formula is C21H14F3N3O3. The molecule has 6 nitrogen and oxygen atoms in total. The molecule has 2 N–H and O–H groups in total. The first kappa shape index (κ1) is 19.4. The highest BCUT2D eigenvalue weighted by Crippen LogP contribution is 2.34. The van der Waals surface area contributed by atoms with E-state index in [0.717, 1.165) is 29.9 Å². The van der Waals surface area contributed by atoms with Gasteiger partial charge in [0.1, 0.15) is 5.56 Å².